The molecular weight excluding hydrogens is 150 g/mol. The summed E-state index contributed by atoms with van der Waals surface area (Å²) in [5, 5.41) is 0. The highest BCUT2D eigenvalue weighted by Gasteiger charge is 2.16. The maximum atomic E-state index is 5.03. The minimum absolute atomic E-state index is 0.637. The highest BCUT2D eigenvalue weighted by atomic mass is 16.6. The van der Waals surface area contributed by atoms with Crippen LogP contribution >= 0.6 is 0 Å². The first-order valence-electron chi connectivity index (χ1n) is 5.14. The molecular formula is C10H21NO. The second-order valence-corrected chi connectivity index (χ2v) is 4.18. The van der Waals surface area contributed by atoms with Gasteiger partial charge in [0.15, 0.2) is 0 Å². The molecule has 2 N–H and O–H groups in total. The van der Waals surface area contributed by atoms with Crippen molar-refractivity contribution in [1.29, 1.82) is 0 Å². The highest BCUT2D eigenvalue weighted by Crippen LogP contribution is 2.28. The van der Waals surface area contributed by atoms with Crippen molar-refractivity contribution in [3.05, 3.63) is 0 Å². The van der Waals surface area contributed by atoms with Crippen LogP contribution in [0.4, 0.5) is 0 Å². The molecule has 1 aliphatic rings. The average Bonchev–Trinajstić information content (AvgIpc) is 2.06. The predicted molar refractivity (Wildman–Crippen MR) is 50.5 cm³/mol. The molecule has 1 saturated carbocycles. The van der Waals surface area contributed by atoms with Gasteiger partial charge >= 0.3 is 0 Å². The third-order valence-electron chi connectivity index (χ3n) is 2.84. The molecule has 0 amide bonds. The molecule has 72 valence electrons. The normalized spacial score (nSPS) is 22.5. The van der Waals surface area contributed by atoms with Crippen LogP contribution in [0.3, 0.4) is 0 Å². The zero-order valence-corrected chi connectivity index (χ0v) is 8.09. The third kappa shape index (κ3) is 3.55. The van der Waals surface area contributed by atoms with Crippen molar-refractivity contribution < 1.29 is 4.84 Å². The van der Waals surface area contributed by atoms with Crippen LogP contribution in [-0.2, 0) is 4.84 Å². The molecule has 0 heterocycles. The van der Waals surface area contributed by atoms with Crippen LogP contribution in [-0.4, -0.2) is 6.61 Å². The van der Waals surface area contributed by atoms with E-state index in [4.69, 9.17) is 5.90 Å². The van der Waals surface area contributed by atoms with E-state index in [0.29, 0.717) is 5.92 Å². The molecule has 0 aliphatic heterocycles. The summed E-state index contributed by atoms with van der Waals surface area (Å²) in [6.07, 6.45) is 8.46. The zero-order valence-electron chi connectivity index (χ0n) is 8.09. The molecule has 0 bridgehead atoms. The lowest BCUT2D eigenvalue weighted by molar-refractivity contribution is 0.0943. The summed E-state index contributed by atoms with van der Waals surface area (Å²) in [5.74, 6) is 6.62. The van der Waals surface area contributed by atoms with E-state index in [9.17, 15) is 0 Å². The monoisotopic (exact) mass is 171 g/mol. The molecule has 1 rings (SSSR count). The second kappa shape index (κ2) is 5.55. The Kier molecular flexibility index (Phi) is 4.62. The maximum Gasteiger partial charge on any atom is 0.0704 e. The summed E-state index contributed by atoms with van der Waals surface area (Å²) in [4.78, 5) is 4.65. The lowest BCUT2D eigenvalue weighted by atomic mass is 9.83. The van der Waals surface area contributed by atoms with Crippen molar-refractivity contribution in [3.63, 3.8) is 0 Å². The Morgan fingerprint density at radius 1 is 1.33 bits per heavy atom. The lowest BCUT2D eigenvalue weighted by Crippen LogP contribution is -2.16. The topological polar surface area (TPSA) is 35.2 Å². The van der Waals surface area contributed by atoms with E-state index in [1.54, 1.807) is 0 Å². The zero-order chi connectivity index (χ0) is 8.81. The largest absolute Gasteiger partial charge is 0.304 e. The minimum Gasteiger partial charge on any atom is -0.304 e. The number of hydrogen-bond donors (Lipinski definition) is 1. The fourth-order valence-corrected chi connectivity index (χ4v) is 2.22. The smallest absolute Gasteiger partial charge is 0.0704 e. The summed E-state index contributed by atoms with van der Waals surface area (Å²) >= 11 is 0. The molecule has 1 atom stereocenters. The van der Waals surface area contributed by atoms with E-state index in [1.165, 1.54) is 38.5 Å². The molecule has 0 radical (unpaired) electrons. The van der Waals surface area contributed by atoms with E-state index in [1.807, 2.05) is 0 Å². The van der Waals surface area contributed by atoms with E-state index >= 15 is 0 Å². The Hall–Kier alpha value is -0.0800. The number of hydrogen-bond acceptors (Lipinski definition) is 2. The van der Waals surface area contributed by atoms with Crippen LogP contribution in [0.2, 0.25) is 0 Å². The first kappa shape index (κ1) is 10.0. The van der Waals surface area contributed by atoms with Crippen molar-refractivity contribution in [2.45, 2.75) is 45.4 Å². The molecule has 0 aromatic carbocycles. The van der Waals surface area contributed by atoms with Crippen LogP contribution in [0, 0.1) is 11.8 Å². The predicted octanol–water partition coefficient (Wildman–Crippen LogP) is 2.48. The Morgan fingerprint density at radius 3 is 2.58 bits per heavy atom. The van der Waals surface area contributed by atoms with Crippen molar-refractivity contribution in [3.8, 4) is 0 Å². The fraction of sp³-hybridized carbons (Fsp3) is 1.00. The Labute approximate surface area is 75.4 Å². The molecule has 2 nitrogen and oxygen atoms in total. The molecule has 0 aromatic rings. The van der Waals surface area contributed by atoms with E-state index < -0.39 is 0 Å². The van der Waals surface area contributed by atoms with Crippen LogP contribution < -0.4 is 5.90 Å². The van der Waals surface area contributed by atoms with Crippen molar-refractivity contribution in [2.24, 2.45) is 17.7 Å². The van der Waals surface area contributed by atoms with E-state index in [2.05, 4.69) is 11.8 Å². The van der Waals surface area contributed by atoms with Crippen LogP contribution in [0.5, 0.6) is 0 Å². The minimum atomic E-state index is 0.637. The van der Waals surface area contributed by atoms with Gasteiger partial charge in [0.2, 0.25) is 0 Å². The summed E-state index contributed by atoms with van der Waals surface area (Å²) in [5.41, 5.74) is 0. The lowest BCUT2D eigenvalue weighted by Gasteiger charge is -2.23. The van der Waals surface area contributed by atoms with Crippen LogP contribution in [0.25, 0.3) is 0 Å². The molecule has 1 aliphatic carbocycles. The van der Waals surface area contributed by atoms with Gasteiger partial charge in [-0.05, 0) is 18.3 Å². The highest BCUT2D eigenvalue weighted by molar-refractivity contribution is 4.68. The number of rotatable bonds is 4. The Morgan fingerprint density at radius 2 is 2.00 bits per heavy atom. The van der Waals surface area contributed by atoms with Gasteiger partial charge in [0.05, 0.1) is 6.61 Å². The Bertz CT molecular complexity index is 110. The van der Waals surface area contributed by atoms with Crippen molar-refractivity contribution in [1.82, 2.24) is 0 Å². The quantitative estimate of drug-likeness (QED) is 0.659. The summed E-state index contributed by atoms with van der Waals surface area (Å²) in [7, 11) is 0. The van der Waals surface area contributed by atoms with E-state index in [-0.39, 0.29) is 0 Å². The van der Waals surface area contributed by atoms with Gasteiger partial charge in [-0.25, -0.2) is 5.90 Å². The third-order valence-corrected chi connectivity index (χ3v) is 2.84. The van der Waals surface area contributed by atoms with Gasteiger partial charge in [-0.1, -0.05) is 39.0 Å². The molecule has 1 unspecified atom stereocenters. The standard InChI is InChI=1S/C10H21NO/c1-9(8-12-11)7-10-5-3-2-4-6-10/h9-10H,2-8,11H2,1H3. The Balaban J connectivity index is 2.11. The average molecular weight is 171 g/mol. The van der Waals surface area contributed by atoms with Gasteiger partial charge in [0, 0.05) is 0 Å². The molecule has 1 fully saturated rings. The first-order chi connectivity index (χ1) is 5.83. The van der Waals surface area contributed by atoms with E-state index in [0.717, 1.165) is 12.5 Å². The summed E-state index contributed by atoms with van der Waals surface area (Å²) in [6.45, 7) is 2.94. The van der Waals surface area contributed by atoms with Gasteiger partial charge in [0.25, 0.3) is 0 Å². The molecule has 0 saturated heterocycles. The number of nitrogens with two attached hydrogens (primary N) is 1. The van der Waals surface area contributed by atoms with Gasteiger partial charge in [-0.15, -0.1) is 0 Å². The second-order valence-electron chi connectivity index (χ2n) is 4.18. The van der Waals surface area contributed by atoms with Crippen LogP contribution in [0.15, 0.2) is 0 Å². The molecule has 2 heteroatoms. The van der Waals surface area contributed by atoms with Gasteiger partial charge < -0.3 is 4.84 Å². The fourth-order valence-electron chi connectivity index (χ4n) is 2.22. The molecule has 0 spiro atoms. The first-order valence-corrected chi connectivity index (χ1v) is 5.14. The summed E-state index contributed by atoms with van der Waals surface area (Å²) in [6, 6.07) is 0. The van der Waals surface area contributed by atoms with Gasteiger partial charge in [-0.2, -0.15) is 0 Å². The molecule has 12 heavy (non-hydrogen) atoms. The van der Waals surface area contributed by atoms with Crippen molar-refractivity contribution in [2.75, 3.05) is 6.61 Å². The van der Waals surface area contributed by atoms with Crippen LogP contribution in [0.1, 0.15) is 45.4 Å². The SMILES string of the molecule is CC(CON)CC1CCCCC1. The van der Waals surface area contributed by atoms with Crippen molar-refractivity contribution >= 4 is 0 Å². The summed E-state index contributed by atoms with van der Waals surface area (Å²) < 4.78 is 0. The molecule has 0 aromatic heterocycles. The van der Waals surface area contributed by atoms with Gasteiger partial charge in [0.1, 0.15) is 0 Å². The van der Waals surface area contributed by atoms with Gasteiger partial charge in [-0.3, -0.25) is 0 Å². The maximum absolute atomic E-state index is 5.03.